The average Bonchev–Trinajstić information content (AvgIpc) is 3.28. The fraction of sp³-hybridized carbons (Fsp3) is 0.286. The maximum Gasteiger partial charge on any atom is 0.387 e. The van der Waals surface area contributed by atoms with Crippen LogP contribution >= 0.6 is 0 Å². The van der Waals surface area contributed by atoms with E-state index >= 15 is 0 Å². The first-order valence-electron chi connectivity index (χ1n) is 6.57. The maximum atomic E-state index is 13.6. The van der Waals surface area contributed by atoms with E-state index in [1.54, 1.807) is 0 Å². The molecule has 0 spiro atoms. The number of halogens is 4. The van der Waals surface area contributed by atoms with Crippen LogP contribution in [-0.4, -0.2) is 23.7 Å². The van der Waals surface area contributed by atoms with Crippen molar-refractivity contribution in [1.82, 2.24) is 4.98 Å². The molecule has 9 heteroatoms. The Morgan fingerprint density at radius 3 is 2.61 bits per heavy atom. The molecule has 1 aromatic carbocycles. The normalized spacial score (nSPS) is 14.3. The highest BCUT2D eigenvalue weighted by Crippen LogP contribution is 2.30. The van der Waals surface area contributed by atoms with E-state index < -0.39 is 51.9 Å². The number of aromatic nitrogens is 1. The summed E-state index contributed by atoms with van der Waals surface area (Å²) in [4.78, 5) is 26.3. The number of hydrogen-bond donors (Lipinski definition) is 1. The molecule has 1 N–H and O–H groups in total. The lowest BCUT2D eigenvalue weighted by atomic mass is 10.1. The molecular formula is C14H9F4NO4. The van der Waals surface area contributed by atoms with Crippen LogP contribution in [0.1, 0.15) is 23.2 Å². The van der Waals surface area contributed by atoms with Gasteiger partial charge in [0.05, 0.1) is 10.9 Å². The summed E-state index contributed by atoms with van der Waals surface area (Å²) in [5, 5.41) is -0.496. The van der Waals surface area contributed by atoms with Crippen molar-refractivity contribution < 1.29 is 31.8 Å². The molecule has 0 saturated heterocycles. The monoisotopic (exact) mass is 331 g/mol. The van der Waals surface area contributed by atoms with Crippen molar-refractivity contribution in [1.29, 1.82) is 0 Å². The predicted molar refractivity (Wildman–Crippen MR) is 69.6 cm³/mol. The molecule has 3 rings (SSSR count). The number of fused-ring (bicyclic) bond motifs is 1. The largest absolute Gasteiger partial charge is 0.459 e. The van der Waals surface area contributed by atoms with Crippen molar-refractivity contribution >= 4 is 16.9 Å². The van der Waals surface area contributed by atoms with Gasteiger partial charge in [-0.2, -0.15) is 13.2 Å². The van der Waals surface area contributed by atoms with E-state index in [1.165, 1.54) is 0 Å². The highest BCUT2D eigenvalue weighted by atomic mass is 19.3. The van der Waals surface area contributed by atoms with Gasteiger partial charge in [0.1, 0.15) is 11.7 Å². The molecule has 0 amide bonds. The Kier molecular flexibility index (Phi) is 3.70. The Morgan fingerprint density at radius 1 is 1.30 bits per heavy atom. The van der Waals surface area contributed by atoms with Gasteiger partial charge >= 0.3 is 12.6 Å². The third-order valence-corrected chi connectivity index (χ3v) is 3.25. The van der Waals surface area contributed by atoms with Crippen LogP contribution in [0.5, 0.6) is 5.75 Å². The van der Waals surface area contributed by atoms with Crippen molar-refractivity contribution in [2.24, 2.45) is 0 Å². The predicted octanol–water partition coefficient (Wildman–Crippen LogP) is 2.73. The van der Waals surface area contributed by atoms with Crippen LogP contribution in [0.25, 0.3) is 10.9 Å². The molecule has 0 aliphatic heterocycles. The molecule has 0 radical (unpaired) electrons. The SMILES string of the molecule is O=C(OC1CC1)c1c[nH]c2c(OC(F)F)c(F)c(F)cc2c1=O. The molecule has 5 nitrogen and oxygen atoms in total. The summed E-state index contributed by atoms with van der Waals surface area (Å²) in [5.74, 6) is -5.26. The fourth-order valence-corrected chi connectivity index (χ4v) is 2.03. The van der Waals surface area contributed by atoms with Crippen molar-refractivity contribution in [2.45, 2.75) is 25.6 Å². The molecular weight excluding hydrogens is 322 g/mol. The molecule has 122 valence electrons. The van der Waals surface area contributed by atoms with Gasteiger partial charge in [-0.3, -0.25) is 4.79 Å². The zero-order chi connectivity index (χ0) is 16.7. The lowest BCUT2D eigenvalue weighted by Crippen LogP contribution is -2.19. The van der Waals surface area contributed by atoms with Gasteiger partial charge in [0, 0.05) is 6.20 Å². The van der Waals surface area contributed by atoms with Gasteiger partial charge in [-0.15, -0.1) is 0 Å². The number of esters is 1. The summed E-state index contributed by atoms with van der Waals surface area (Å²) >= 11 is 0. The molecule has 1 aromatic heterocycles. The zero-order valence-corrected chi connectivity index (χ0v) is 11.4. The molecule has 1 fully saturated rings. The number of carbonyl (C=O) groups excluding carboxylic acids is 1. The topological polar surface area (TPSA) is 68.4 Å². The van der Waals surface area contributed by atoms with Crippen molar-refractivity contribution in [2.75, 3.05) is 0 Å². The summed E-state index contributed by atoms with van der Waals surface area (Å²) in [7, 11) is 0. The molecule has 1 aliphatic rings. The van der Waals surface area contributed by atoms with Gasteiger partial charge in [-0.05, 0) is 18.9 Å². The number of benzene rings is 1. The minimum absolute atomic E-state index is 0.264. The summed E-state index contributed by atoms with van der Waals surface area (Å²) < 4.78 is 60.7. The van der Waals surface area contributed by atoms with Crippen LogP contribution in [0.2, 0.25) is 0 Å². The molecule has 2 aromatic rings. The van der Waals surface area contributed by atoms with Crippen LogP contribution in [0.4, 0.5) is 17.6 Å². The Morgan fingerprint density at radius 2 is 2.00 bits per heavy atom. The number of aromatic amines is 1. The van der Waals surface area contributed by atoms with Gasteiger partial charge in [0.15, 0.2) is 11.6 Å². The van der Waals surface area contributed by atoms with Crippen LogP contribution in [-0.2, 0) is 4.74 Å². The molecule has 0 atom stereocenters. The van der Waals surface area contributed by atoms with Crippen molar-refractivity contribution in [3.05, 3.63) is 39.7 Å². The standard InChI is InChI=1S/C14H9F4NO4/c15-8-3-6-10(12(9(8)16)23-14(17)18)19-4-7(11(6)20)13(21)22-5-1-2-5/h3-5,14H,1-2H2,(H,19,20). The molecule has 1 heterocycles. The Labute approximate surface area is 125 Å². The molecule has 1 saturated carbocycles. The van der Waals surface area contributed by atoms with E-state index in [9.17, 15) is 27.2 Å². The van der Waals surface area contributed by atoms with Crippen LogP contribution in [0.15, 0.2) is 17.1 Å². The van der Waals surface area contributed by atoms with Crippen molar-refractivity contribution in [3.8, 4) is 5.75 Å². The summed E-state index contributed by atoms with van der Waals surface area (Å²) in [6.07, 6.45) is 2.00. The first-order valence-corrected chi connectivity index (χ1v) is 6.57. The number of nitrogens with one attached hydrogen (secondary N) is 1. The van der Waals surface area contributed by atoms with E-state index in [1.807, 2.05) is 0 Å². The molecule has 0 bridgehead atoms. The van der Waals surface area contributed by atoms with Gasteiger partial charge in [-0.25, -0.2) is 9.18 Å². The second-order valence-electron chi connectivity index (χ2n) is 4.94. The third-order valence-electron chi connectivity index (χ3n) is 3.25. The van der Waals surface area contributed by atoms with Crippen molar-refractivity contribution in [3.63, 3.8) is 0 Å². The van der Waals surface area contributed by atoms with Gasteiger partial charge in [0.2, 0.25) is 11.2 Å². The quantitative estimate of drug-likeness (QED) is 0.691. The number of alkyl halides is 2. The lowest BCUT2D eigenvalue weighted by Gasteiger charge is -2.10. The highest BCUT2D eigenvalue weighted by Gasteiger charge is 2.28. The van der Waals surface area contributed by atoms with Gasteiger partial charge < -0.3 is 14.5 Å². The first kappa shape index (κ1) is 15.3. The Bertz CT molecular complexity index is 845. The Hall–Kier alpha value is -2.58. The lowest BCUT2D eigenvalue weighted by molar-refractivity contribution is -0.0515. The number of carbonyl (C=O) groups is 1. The van der Waals surface area contributed by atoms with Crippen LogP contribution < -0.4 is 10.2 Å². The van der Waals surface area contributed by atoms with E-state index in [2.05, 4.69) is 9.72 Å². The number of pyridine rings is 1. The van der Waals surface area contributed by atoms with E-state index in [4.69, 9.17) is 4.74 Å². The summed E-state index contributed by atoms with van der Waals surface area (Å²) in [6, 6.07) is 0.510. The van der Waals surface area contributed by atoms with E-state index in [-0.39, 0.29) is 6.10 Å². The Balaban J connectivity index is 2.15. The maximum absolute atomic E-state index is 13.6. The summed E-state index contributed by atoms with van der Waals surface area (Å²) in [5.41, 5.74) is -1.88. The van der Waals surface area contributed by atoms with Crippen LogP contribution in [0, 0.1) is 11.6 Å². The third kappa shape index (κ3) is 2.86. The summed E-state index contributed by atoms with van der Waals surface area (Å²) in [6.45, 7) is -3.42. The zero-order valence-electron chi connectivity index (χ0n) is 11.4. The van der Waals surface area contributed by atoms with E-state index in [0.717, 1.165) is 6.20 Å². The van der Waals surface area contributed by atoms with E-state index in [0.29, 0.717) is 18.9 Å². The molecule has 0 unspecified atom stereocenters. The number of rotatable bonds is 4. The second-order valence-corrected chi connectivity index (χ2v) is 4.94. The van der Waals surface area contributed by atoms with Crippen LogP contribution in [0.3, 0.4) is 0 Å². The fourth-order valence-electron chi connectivity index (χ4n) is 2.03. The highest BCUT2D eigenvalue weighted by molar-refractivity contribution is 5.95. The molecule has 1 aliphatic carbocycles. The number of ether oxygens (including phenoxy) is 2. The van der Waals surface area contributed by atoms with Gasteiger partial charge in [-0.1, -0.05) is 0 Å². The average molecular weight is 331 g/mol. The van der Waals surface area contributed by atoms with Gasteiger partial charge in [0.25, 0.3) is 0 Å². The minimum atomic E-state index is -3.42. The smallest absolute Gasteiger partial charge is 0.387 e. The first-order chi connectivity index (χ1) is 10.9. The number of hydrogen-bond acceptors (Lipinski definition) is 4. The molecule has 23 heavy (non-hydrogen) atoms. The number of H-pyrrole nitrogens is 1. The second kappa shape index (κ2) is 5.56. The minimum Gasteiger partial charge on any atom is -0.459 e.